The van der Waals surface area contributed by atoms with Gasteiger partial charge in [-0.3, -0.25) is 4.79 Å². The van der Waals surface area contributed by atoms with Crippen LogP contribution in [-0.4, -0.2) is 40.5 Å². The molecule has 0 bridgehead atoms. The molecular weight excluding hydrogens is 390 g/mol. The lowest BCUT2D eigenvalue weighted by molar-refractivity contribution is -0.113. The first-order valence-electron chi connectivity index (χ1n) is 8.98. The van der Waals surface area contributed by atoms with E-state index in [2.05, 4.69) is 10.3 Å². The van der Waals surface area contributed by atoms with Crippen LogP contribution in [0.15, 0.2) is 59.9 Å². The Hall–Kier alpha value is -2.97. The van der Waals surface area contributed by atoms with Crippen LogP contribution in [0.25, 0.3) is 0 Å². The van der Waals surface area contributed by atoms with E-state index in [-0.39, 0.29) is 18.3 Å². The van der Waals surface area contributed by atoms with Crippen molar-refractivity contribution in [3.8, 4) is 11.5 Å². The Bertz CT molecular complexity index is 957. The maximum atomic E-state index is 12.4. The second-order valence-corrected chi connectivity index (χ2v) is 7.10. The van der Waals surface area contributed by atoms with Gasteiger partial charge in [-0.15, -0.1) is 0 Å². The minimum Gasteiger partial charge on any atom is -0.497 e. The molecule has 1 heterocycles. The highest BCUT2D eigenvalue weighted by Crippen LogP contribution is 2.25. The zero-order valence-corrected chi connectivity index (χ0v) is 17.1. The molecule has 152 valence electrons. The van der Waals surface area contributed by atoms with Crippen molar-refractivity contribution < 1.29 is 19.4 Å². The average molecular weight is 413 g/mol. The van der Waals surface area contributed by atoms with E-state index in [1.807, 2.05) is 41.0 Å². The highest BCUT2D eigenvalue weighted by Gasteiger charge is 2.14. The number of methoxy groups -OCH3 is 2. The van der Waals surface area contributed by atoms with Crippen LogP contribution in [-0.2, 0) is 17.9 Å². The smallest absolute Gasteiger partial charge is 0.234 e. The van der Waals surface area contributed by atoms with Crippen molar-refractivity contribution >= 4 is 23.4 Å². The zero-order valence-electron chi connectivity index (χ0n) is 16.3. The summed E-state index contributed by atoms with van der Waals surface area (Å²) >= 11 is 1.31. The third-order valence-electron chi connectivity index (χ3n) is 4.28. The predicted octanol–water partition coefficient (Wildman–Crippen LogP) is 3.17. The number of rotatable bonds is 9. The summed E-state index contributed by atoms with van der Waals surface area (Å²) in [6, 6.07) is 15.0. The Labute approximate surface area is 173 Å². The van der Waals surface area contributed by atoms with Crippen LogP contribution in [0, 0.1) is 0 Å². The number of hydrogen-bond donors (Lipinski definition) is 2. The third-order valence-corrected chi connectivity index (χ3v) is 5.27. The van der Waals surface area contributed by atoms with Gasteiger partial charge in [0, 0.05) is 6.54 Å². The second-order valence-electron chi connectivity index (χ2n) is 6.16. The lowest BCUT2D eigenvalue weighted by Gasteiger charge is -2.12. The molecule has 8 heteroatoms. The number of amides is 1. The molecule has 0 unspecified atom stereocenters. The molecule has 0 fully saturated rings. The van der Waals surface area contributed by atoms with Gasteiger partial charge in [-0.05, 0) is 29.8 Å². The molecule has 0 aliphatic carbocycles. The van der Waals surface area contributed by atoms with Crippen LogP contribution in [0.3, 0.4) is 0 Å². The highest BCUT2D eigenvalue weighted by molar-refractivity contribution is 7.99. The van der Waals surface area contributed by atoms with Crippen molar-refractivity contribution in [3.05, 3.63) is 66.0 Å². The largest absolute Gasteiger partial charge is 0.497 e. The molecule has 1 aromatic heterocycles. The maximum Gasteiger partial charge on any atom is 0.234 e. The first kappa shape index (κ1) is 20.8. The molecular formula is C21H23N3O4S. The number of imidazole rings is 1. The van der Waals surface area contributed by atoms with E-state index in [9.17, 15) is 9.90 Å². The monoisotopic (exact) mass is 413 g/mol. The van der Waals surface area contributed by atoms with Crippen molar-refractivity contribution in [2.75, 3.05) is 25.3 Å². The number of nitrogens with zero attached hydrogens (tertiary/aromatic N) is 2. The van der Waals surface area contributed by atoms with Crippen molar-refractivity contribution in [2.45, 2.75) is 18.3 Å². The fourth-order valence-electron chi connectivity index (χ4n) is 2.78. The Balaban J connectivity index is 1.67. The molecule has 2 N–H and O–H groups in total. The molecule has 0 aliphatic heterocycles. The van der Waals surface area contributed by atoms with Crippen LogP contribution < -0.4 is 14.8 Å². The van der Waals surface area contributed by atoms with E-state index < -0.39 is 0 Å². The van der Waals surface area contributed by atoms with Gasteiger partial charge in [0.05, 0.1) is 44.2 Å². The van der Waals surface area contributed by atoms with Crippen molar-refractivity contribution in [3.63, 3.8) is 0 Å². The third kappa shape index (κ3) is 5.30. The number of aliphatic hydroxyl groups is 1. The number of nitrogens with one attached hydrogen (secondary N) is 1. The lowest BCUT2D eigenvalue weighted by Crippen LogP contribution is -2.15. The fourth-order valence-corrected chi connectivity index (χ4v) is 3.58. The average Bonchev–Trinajstić information content (AvgIpc) is 3.14. The summed E-state index contributed by atoms with van der Waals surface area (Å²) in [5.74, 6) is 1.41. The molecule has 0 aliphatic rings. The molecule has 0 spiro atoms. The summed E-state index contributed by atoms with van der Waals surface area (Å²) in [5.41, 5.74) is 2.35. The minimum absolute atomic E-state index is 0.128. The number of aliphatic hydroxyl groups excluding tert-OH is 1. The summed E-state index contributed by atoms with van der Waals surface area (Å²) in [7, 11) is 3.19. The van der Waals surface area contributed by atoms with E-state index in [1.165, 1.54) is 11.8 Å². The fraction of sp³-hybridized carbons (Fsp3) is 0.238. The number of benzene rings is 2. The Morgan fingerprint density at radius 1 is 1.14 bits per heavy atom. The van der Waals surface area contributed by atoms with E-state index in [1.54, 1.807) is 32.5 Å². The second kappa shape index (κ2) is 9.99. The van der Waals surface area contributed by atoms with Gasteiger partial charge in [-0.1, -0.05) is 36.0 Å². The van der Waals surface area contributed by atoms with Crippen LogP contribution in [0.4, 0.5) is 5.69 Å². The quantitative estimate of drug-likeness (QED) is 0.524. The van der Waals surface area contributed by atoms with Gasteiger partial charge in [-0.2, -0.15) is 0 Å². The van der Waals surface area contributed by atoms with Crippen LogP contribution in [0.2, 0.25) is 0 Å². The van der Waals surface area contributed by atoms with E-state index in [0.717, 1.165) is 11.3 Å². The van der Waals surface area contributed by atoms with Crippen LogP contribution in [0.1, 0.15) is 11.3 Å². The molecule has 0 saturated heterocycles. The van der Waals surface area contributed by atoms with Crippen molar-refractivity contribution in [2.24, 2.45) is 0 Å². The molecule has 3 aromatic rings. The van der Waals surface area contributed by atoms with E-state index >= 15 is 0 Å². The Morgan fingerprint density at radius 2 is 1.90 bits per heavy atom. The minimum atomic E-state index is -0.163. The van der Waals surface area contributed by atoms with Gasteiger partial charge >= 0.3 is 0 Å². The topological polar surface area (TPSA) is 85.6 Å². The number of ether oxygens (including phenoxy) is 2. The predicted molar refractivity (Wildman–Crippen MR) is 113 cm³/mol. The summed E-state index contributed by atoms with van der Waals surface area (Å²) in [6.07, 6.45) is 1.63. The van der Waals surface area contributed by atoms with Crippen molar-refractivity contribution in [1.82, 2.24) is 9.55 Å². The van der Waals surface area contributed by atoms with Gasteiger partial charge in [0.1, 0.15) is 11.5 Å². The summed E-state index contributed by atoms with van der Waals surface area (Å²) in [5, 5.41) is 13.2. The Morgan fingerprint density at radius 3 is 2.59 bits per heavy atom. The zero-order chi connectivity index (χ0) is 20.6. The molecule has 1 amide bonds. The first-order valence-corrected chi connectivity index (χ1v) is 9.97. The van der Waals surface area contributed by atoms with Crippen molar-refractivity contribution in [1.29, 1.82) is 0 Å². The molecule has 0 saturated carbocycles. The van der Waals surface area contributed by atoms with Gasteiger partial charge in [0.25, 0.3) is 0 Å². The number of carbonyl (C=O) groups is 1. The molecule has 3 rings (SSSR count). The number of para-hydroxylation sites is 2. The van der Waals surface area contributed by atoms with Gasteiger partial charge in [0.15, 0.2) is 5.16 Å². The number of carbonyl (C=O) groups excluding carboxylic acids is 1. The van der Waals surface area contributed by atoms with Gasteiger partial charge in [0.2, 0.25) is 5.91 Å². The van der Waals surface area contributed by atoms with E-state index in [0.29, 0.717) is 28.8 Å². The van der Waals surface area contributed by atoms with E-state index in [4.69, 9.17) is 9.47 Å². The summed E-state index contributed by atoms with van der Waals surface area (Å²) in [4.78, 5) is 16.7. The number of aromatic nitrogens is 2. The SMILES string of the molecule is COc1ccc(Cn2c(CO)cnc2SCC(=O)Nc2ccccc2OC)cc1. The lowest BCUT2D eigenvalue weighted by atomic mass is 10.2. The Kier molecular flexibility index (Phi) is 7.15. The molecule has 0 radical (unpaired) electrons. The summed E-state index contributed by atoms with van der Waals surface area (Å²) < 4.78 is 12.3. The van der Waals surface area contributed by atoms with Gasteiger partial charge in [-0.25, -0.2) is 4.98 Å². The normalized spacial score (nSPS) is 10.6. The first-order chi connectivity index (χ1) is 14.1. The molecule has 0 atom stereocenters. The maximum absolute atomic E-state index is 12.4. The molecule has 7 nitrogen and oxygen atoms in total. The standard InChI is InChI=1S/C21H23N3O4S/c1-27-17-9-7-15(8-10-17)12-24-16(13-25)11-22-21(24)29-14-20(26)23-18-5-3-4-6-19(18)28-2/h3-11,25H,12-14H2,1-2H3,(H,23,26). The summed E-state index contributed by atoms with van der Waals surface area (Å²) in [6.45, 7) is 0.410. The van der Waals surface area contributed by atoms with Crippen LogP contribution >= 0.6 is 11.8 Å². The van der Waals surface area contributed by atoms with Gasteiger partial charge < -0.3 is 24.5 Å². The number of thioether (sulfide) groups is 1. The molecule has 2 aromatic carbocycles. The highest BCUT2D eigenvalue weighted by atomic mass is 32.2. The number of hydrogen-bond acceptors (Lipinski definition) is 6. The number of anilines is 1. The van der Waals surface area contributed by atoms with Crippen LogP contribution in [0.5, 0.6) is 11.5 Å². The molecule has 29 heavy (non-hydrogen) atoms.